The van der Waals surface area contributed by atoms with E-state index in [0.717, 1.165) is 23.0 Å². The normalized spacial score (nSPS) is 19.1. The Kier molecular flexibility index (Phi) is 5.15. The standard InChI is InChI=1S/C22H24N4O3/c1-12-8-13(12)11-19(27)14-9-17(26-18(10-14)22(28)23-2)20(29-3)15-4-6-24-21-16(15)5-7-25-21/h4-7,9-10,12-13,20H,8,11H2,1-3H3,(H,23,28)(H,24,25)/t12-,13+,20?/m0/s1. The second kappa shape index (κ2) is 7.75. The second-order valence-corrected chi connectivity index (χ2v) is 7.60. The van der Waals surface area contributed by atoms with E-state index in [0.29, 0.717) is 29.5 Å². The average molecular weight is 392 g/mol. The van der Waals surface area contributed by atoms with Crippen molar-refractivity contribution in [2.75, 3.05) is 14.2 Å². The molecule has 29 heavy (non-hydrogen) atoms. The molecule has 1 aliphatic carbocycles. The van der Waals surface area contributed by atoms with Gasteiger partial charge in [-0.15, -0.1) is 0 Å². The Morgan fingerprint density at radius 2 is 2.14 bits per heavy atom. The van der Waals surface area contributed by atoms with Crippen LogP contribution in [0, 0.1) is 11.8 Å². The summed E-state index contributed by atoms with van der Waals surface area (Å²) in [5, 5.41) is 3.50. The summed E-state index contributed by atoms with van der Waals surface area (Å²) in [5.74, 6) is 0.714. The zero-order valence-electron chi connectivity index (χ0n) is 16.7. The first-order chi connectivity index (χ1) is 14.0. The van der Waals surface area contributed by atoms with Crippen LogP contribution in [0.5, 0.6) is 0 Å². The molecule has 1 amide bonds. The first-order valence-corrected chi connectivity index (χ1v) is 9.73. The van der Waals surface area contributed by atoms with Crippen molar-refractivity contribution in [3.63, 3.8) is 0 Å². The summed E-state index contributed by atoms with van der Waals surface area (Å²) in [6.45, 7) is 2.15. The number of fused-ring (bicyclic) bond motifs is 1. The number of H-pyrrole nitrogens is 1. The fourth-order valence-corrected chi connectivity index (χ4v) is 3.75. The minimum Gasteiger partial charge on any atom is -0.370 e. The molecule has 0 radical (unpaired) electrons. The van der Waals surface area contributed by atoms with E-state index in [4.69, 9.17) is 4.74 Å². The van der Waals surface area contributed by atoms with Gasteiger partial charge in [-0.3, -0.25) is 9.59 Å². The van der Waals surface area contributed by atoms with Crippen LogP contribution >= 0.6 is 0 Å². The first kappa shape index (κ1) is 19.3. The number of ether oxygens (including phenoxy) is 1. The molecule has 3 atom stereocenters. The fraction of sp³-hybridized carbons (Fsp3) is 0.364. The van der Waals surface area contributed by atoms with Crippen LogP contribution in [-0.2, 0) is 4.74 Å². The van der Waals surface area contributed by atoms with Crippen LogP contribution < -0.4 is 5.32 Å². The second-order valence-electron chi connectivity index (χ2n) is 7.60. The molecule has 7 heteroatoms. The van der Waals surface area contributed by atoms with E-state index in [2.05, 4.69) is 27.2 Å². The number of amides is 1. The summed E-state index contributed by atoms with van der Waals surface area (Å²) < 4.78 is 5.77. The van der Waals surface area contributed by atoms with Gasteiger partial charge in [-0.25, -0.2) is 9.97 Å². The largest absolute Gasteiger partial charge is 0.370 e. The number of methoxy groups -OCH3 is 1. The number of Topliss-reactive ketones (excluding diaryl/α,β-unsaturated/α-hetero) is 1. The van der Waals surface area contributed by atoms with E-state index in [-0.39, 0.29) is 17.4 Å². The lowest BCUT2D eigenvalue weighted by Gasteiger charge is -2.18. The summed E-state index contributed by atoms with van der Waals surface area (Å²) in [4.78, 5) is 37.1. The molecule has 3 aromatic heterocycles. The molecule has 0 bridgehead atoms. The Morgan fingerprint density at radius 3 is 2.83 bits per heavy atom. The zero-order valence-corrected chi connectivity index (χ0v) is 16.7. The van der Waals surface area contributed by atoms with Crippen LogP contribution in [0.2, 0.25) is 0 Å². The van der Waals surface area contributed by atoms with Gasteiger partial charge < -0.3 is 15.0 Å². The fourth-order valence-electron chi connectivity index (χ4n) is 3.75. The number of carbonyl (C=O) groups excluding carboxylic acids is 2. The van der Waals surface area contributed by atoms with Gasteiger partial charge in [-0.05, 0) is 48.1 Å². The highest BCUT2D eigenvalue weighted by Gasteiger charge is 2.34. The summed E-state index contributed by atoms with van der Waals surface area (Å²) in [7, 11) is 3.13. The van der Waals surface area contributed by atoms with Crippen molar-refractivity contribution in [1.82, 2.24) is 20.3 Å². The van der Waals surface area contributed by atoms with Crippen molar-refractivity contribution >= 4 is 22.7 Å². The third kappa shape index (κ3) is 3.78. The van der Waals surface area contributed by atoms with E-state index < -0.39 is 6.10 Å². The number of hydrogen-bond acceptors (Lipinski definition) is 5. The highest BCUT2D eigenvalue weighted by molar-refractivity contribution is 6.00. The average Bonchev–Trinajstić information content (AvgIpc) is 3.21. The van der Waals surface area contributed by atoms with Crippen LogP contribution in [0.3, 0.4) is 0 Å². The van der Waals surface area contributed by atoms with Gasteiger partial charge in [0.25, 0.3) is 5.91 Å². The lowest BCUT2D eigenvalue weighted by Crippen LogP contribution is -2.21. The molecular weight excluding hydrogens is 368 g/mol. The van der Waals surface area contributed by atoms with Crippen molar-refractivity contribution < 1.29 is 14.3 Å². The van der Waals surface area contributed by atoms with Gasteiger partial charge in [0.15, 0.2) is 5.78 Å². The molecule has 1 unspecified atom stereocenters. The Balaban J connectivity index is 1.78. The highest BCUT2D eigenvalue weighted by Crippen LogP contribution is 2.41. The Morgan fingerprint density at radius 1 is 1.34 bits per heavy atom. The molecule has 1 saturated carbocycles. The van der Waals surface area contributed by atoms with Crippen molar-refractivity contribution in [2.24, 2.45) is 11.8 Å². The quantitative estimate of drug-likeness (QED) is 0.602. The highest BCUT2D eigenvalue weighted by atomic mass is 16.5. The number of rotatable bonds is 7. The number of pyridine rings is 2. The van der Waals surface area contributed by atoms with Gasteiger partial charge in [0, 0.05) is 43.9 Å². The van der Waals surface area contributed by atoms with Crippen LogP contribution in [0.1, 0.15) is 58.0 Å². The Bertz CT molecular complexity index is 1070. The monoisotopic (exact) mass is 392 g/mol. The molecule has 150 valence electrons. The number of ketones is 1. The number of nitrogens with one attached hydrogen (secondary N) is 2. The molecule has 1 aliphatic rings. The predicted molar refractivity (Wildman–Crippen MR) is 109 cm³/mol. The van der Waals surface area contributed by atoms with Crippen LogP contribution in [-0.4, -0.2) is 40.8 Å². The van der Waals surface area contributed by atoms with Gasteiger partial charge in [0.1, 0.15) is 17.4 Å². The van der Waals surface area contributed by atoms with Crippen molar-refractivity contribution in [3.8, 4) is 0 Å². The number of hydrogen-bond donors (Lipinski definition) is 2. The zero-order chi connectivity index (χ0) is 20.5. The minimum atomic E-state index is -0.535. The maximum atomic E-state index is 12.9. The van der Waals surface area contributed by atoms with E-state index in [1.165, 1.54) is 0 Å². The van der Waals surface area contributed by atoms with Gasteiger partial charge in [0.2, 0.25) is 0 Å². The van der Waals surface area contributed by atoms with Gasteiger partial charge in [-0.1, -0.05) is 6.92 Å². The molecule has 0 aromatic carbocycles. The van der Waals surface area contributed by atoms with Crippen molar-refractivity contribution in [3.05, 3.63) is 59.2 Å². The number of aromatic nitrogens is 3. The maximum absolute atomic E-state index is 12.9. The molecular formula is C22H24N4O3. The summed E-state index contributed by atoms with van der Waals surface area (Å²) in [5.41, 5.74) is 2.84. The number of carbonyl (C=O) groups is 2. The van der Waals surface area contributed by atoms with Gasteiger partial charge >= 0.3 is 0 Å². The van der Waals surface area contributed by atoms with Crippen LogP contribution in [0.4, 0.5) is 0 Å². The molecule has 0 spiro atoms. The van der Waals surface area contributed by atoms with E-state index >= 15 is 0 Å². The number of nitrogens with zero attached hydrogens (tertiary/aromatic N) is 2. The first-order valence-electron chi connectivity index (χ1n) is 9.73. The smallest absolute Gasteiger partial charge is 0.269 e. The molecule has 7 nitrogen and oxygen atoms in total. The number of aromatic amines is 1. The minimum absolute atomic E-state index is 0.0320. The van der Waals surface area contributed by atoms with Crippen LogP contribution in [0.15, 0.2) is 36.7 Å². The SMILES string of the molecule is CNC(=O)c1cc(C(=O)C[C@H]2C[C@@H]2C)cc(C(OC)c2ccnc3[nH]ccc23)n1. The van der Waals surface area contributed by atoms with E-state index in [1.54, 1.807) is 32.5 Å². The summed E-state index contributed by atoms with van der Waals surface area (Å²) in [6.07, 6.45) is 4.55. The lowest BCUT2D eigenvalue weighted by atomic mass is 9.99. The third-order valence-electron chi connectivity index (χ3n) is 5.63. The van der Waals surface area contributed by atoms with Gasteiger partial charge in [-0.2, -0.15) is 0 Å². The Hall–Kier alpha value is -3.06. The molecule has 0 aliphatic heterocycles. The predicted octanol–water partition coefficient (Wildman–Crippen LogP) is 3.28. The maximum Gasteiger partial charge on any atom is 0.269 e. The van der Waals surface area contributed by atoms with Crippen molar-refractivity contribution in [1.29, 1.82) is 0 Å². The molecule has 1 fully saturated rings. The molecule has 0 saturated heterocycles. The molecule has 4 rings (SSSR count). The molecule has 2 N–H and O–H groups in total. The van der Waals surface area contributed by atoms with E-state index in [9.17, 15) is 9.59 Å². The lowest BCUT2D eigenvalue weighted by molar-refractivity contribution is 0.0955. The van der Waals surface area contributed by atoms with E-state index in [1.807, 2.05) is 18.3 Å². The Labute approximate surface area is 168 Å². The molecule has 3 heterocycles. The van der Waals surface area contributed by atoms with Crippen molar-refractivity contribution in [2.45, 2.75) is 25.9 Å². The topological polar surface area (TPSA) is 97.0 Å². The third-order valence-corrected chi connectivity index (χ3v) is 5.63. The summed E-state index contributed by atoms with van der Waals surface area (Å²) in [6, 6.07) is 7.11. The molecule has 3 aromatic rings. The van der Waals surface area contributed by atoms with Crippen LogP contribution in [0.25, 0.3) is 11.0 Å². The van der Waals surface area contributed by atoms with Gasteiger partial charge in [0.05, 0.1) is 5.69 Å². The summed E-state index contributed by atoms with van der Waals surface area (Å²) >= 11 is 0.